The van der Waals surface area contributed by atoms with Gasteiger partial charge in [-0.15, -0.1) is 0 Å². The van der Waals surface area contributed by atoms with Gasteiger partial charge in [0.05, 0.1) is 7.11 Å². The molecule has 0 saturated carbocycles. The summed E-state index contributed by atoms with van der Waals surface area (Å²) in [7, 11) is 1.33. The minimum absolute atomic E-state index is 0.0125. The van der Waals surface area contributed by atoms with E-state index in [1.807, 2.05) is 32.2 Å². The normalized spacial score (nSPS) is 12.4. The number of carbonyl (C=O) groups is 2. The van der Waals surface area contributed by atoms with E-state index in [1.54, 1.807) is 0 Å². The van der Waals surface area contributed by atoms with Crippen LogP contribution in [0.2, 0.25) is 0 Å². The Balaban J connectivity index is 2.00. The van der Waals surface area contributed by atoms with E-state index in [2.05, 4.69) is 28.9 Å². The summed E-state index contributed by atoms with van der Waals surface area (Å²) < 4.78 is 6.80. The maximum atomic E-state index is 12.1. The van der Waals surface area contributed by atoms with Crippen LogP contribution in [0.15, 0.2) is 30.5 Å². The number of esters is 1. The Hall–Kier alpha value is -2.30. The molecule has 23 heavy (non-hydrogen) atoms. The van der Waals surface area contributed by atoms with Crippen molar-refractivity contribution in [3.63, 3.8) is 0 Å². The van der Waals surface area contributed by atoms with Gasteiger partial charge in [-0.25, -0.2) is 4.79 Å². The number of methoxy groups -OCH3 is 1. The number of aryl methyl sites for hydroxylation is 2. The number of nitrogens with zero attached hydrogens (tertiary/aromatic N) is 1. The standard InChI is InChI=1S/C18H24N2O3/c1-12(2)17(18(22)23-4)19-16(21)9-11-20-10-8-14-13(3)6-5-7-15(14)20/h5-8,10,12,17H,9,11H2,1-4H3,(H,19,21)/t17-/m0/s1. The van der Waals surface area contributed by atoms with Gasteiger partial charge in [0, 0.05) is 30.1 Å². The zero-order valence-corrected chi connectivity index (χ0v) is 14.1. The Morgan fingerprint density at radius 3 is 2.65 bits per heavy atom. The number of hydrogen-bond acceptors (Lipinski definition) is 3. The summed E-state index contributed by atoms with van der Waals surface area (Å²) in [4.78, 5) is 23.8. The highest BCUT2D eigenvalue weighted by Crippen LogP contribution is 2.19. The van der Waals surface area contributed by atoms with Crippen LogP contribution in [0.3, 0.4) is 0 Å². The van der Waals surface area contributed by atoms with Gasteiger partial charge in [-0.05, 0) is 30.5 Å². The molecule has 5 heteroatoms. The monoisotopic (exact) mass is 316 g/mol. The summed E-state index contributed by atoms with van der Waals surface area (Å²) in [5.74, 6) is -0.569. The van der Waals surface area contributed by atoms with Crippen LogP contribution in [0.4, 0.5) is 0 Å². The Bertz CT molecular complexity index is 703. The molecule has 0 radical (unpaired) electrons. The molecular formula is C18H24N2O3. The first-order valence-electron chi connectivity index (χ1n) is 7.85. The first-order chi connectivity index (χ1) is 10.9. The average molecular weight is 316 g/mol. The number of carbonyl (C=O) groups excluding carboxylic acids is 2. The van der Waals surface area contributed by atoms with Gasteiger partial charge in [-0.2, -0.15) is 0 Å². The van der Waals surface area contributed by atoms with Crippen molar-refractivity contribution in [2.24, 2.45) is 5.92 Å². The molecule has 0 spiro atoms. The third-order valence-corrected chi connectivity index (χ3v) is 4.05. The van der Waals surface area contributed by atoms with Crippen molar-refractivity contribution >= 4 is 22.8 Å². The van der Waals surface area contributed by atoms with E-state index in [1.165, 1.54) is 18.1 Å². The van der Waals surface area contributed by atoms with Crippen LogP contribution < -0.4 is 5.32 Å². The number of hydrogen-bond donors (Lipinski definition) is 1. The minimum atomic E-state index is -0.601. The summed E-state index contributed by atoms with van der Waals surface area (Å²) in [6, 6.07) is 7.60. The third kappa shape index (κ3) is 3.92. The molecule has 2 aromatic rings. The molecule has 1 aromatic carbocycles. The predicted octanol–water partition coefficient (Wildman–Crippen LogP) is 2.65. The lowest BCUT2D eigenvalue weighted by Crippen LogP contribution is -2.45. The zero-order valence-electron chi connectivity index (χ0n) is 14.1. The molecule has 5 nitrogen and oxygen atoms in total. The fourth-order valence-corrected chi connectivity index (χ4v) is 2.66. The van der Waals surface area contributed by atoms with E-state index in [-0.39, 0.29) is 11.8 Å². The van der Waals surface area contributed by atoms with Crippen LogP contribution in [0.5, 0.6) is 0 Å². The minimum Gasteiger partial charge on any atom is -0.467 e. The summed E-state index contributed by atoms with van der Waals surface area (Å²) in [5.41, 5.74) is 2.34. The molecule has 1 amide bonds. The van der Waals surface area contributed by atoms with Gasteiger partial charge >= 0.3 is 5.97 Å². The summed E-state index contributed by atoms with van der Waals surface area (Å²) >= 11 is 0. The molecule has 0 aliphatic heterocycles. The highest BCUT2D eigenvalue weighted by Gasteiger charge is 2.24. The van der Waals surface area contributed by atoms with Crippen LogP contribution in [-0.2, 0) is 20.9 Å². The van der Waals surface area contributed by atoms with Gasteiger partial charge in [0.1, 0.15) is 6.04 Å². The maximum absolute atomic E-state index is 12.1. The molecule has 0 unspecified atom stereocenters. The lowest BCUT2D eigenvalue weighted by Gasteiger charge is -2.19. The Kier molecular flexibility index (Phi) is 5.42. The van der Waals surface area contributed by atoms with Gasteiger partial charge in [0.2, 0.25) is 5.91 Å². The number of amides is 1. The Morgan fingerprint density at radius 2 is 2.00 bits per heavy atom. The second-order valence-electron chi connectivity index (χ2n) is 6.08. The first-order valence-corrected chi connectivity index (χ1v) is 7.85. The van der Waals surface area contributed by atoms with Crippen molar-refractivity contribution in [2.75, 3.05) is 7.11 Å². The van der Waals surface area contributed by atoms with Gasteiger partial charge < -0.3 is 14.6 Å². The fraction of sp³-hybridized carbons (Fsp3) is 0.444. The Labute approximate surface area is 136 Å². The van der Waals surface area contributed by atoms with Crippen molar-refractivity contribution < 1.29 is 14.3 Å². The highest BCUT2D eigenvalue weighted by atomic mass is 16.5. The van der Waals surface area contributed by atoms with Crippen molar-refractivity contribution in [3.8, 4) is 0 Å². The SMILES string of the molecule is COC(=O)[C@@H](NC(=O)CCn1ccc2c(C)cccc21)C(C)C. The van der Waals surface area contributed by atoms with Crippen molar-refractivity contribution in [3.05, 3.63) is 36.0 Å². The molecule has 0 aliphatic carbocycles. The largest absolute Gasteiger partial charge is 0.467 e. The fourth-order valence-electron chi connectivity index (χ4n) is 2.66. The number of fused-ring (bicyclic) bond motifs is 1. The lowest BCUT2D eigenvalue weighted by molar-refractivity contribution is -0.146. The Morgan fingerprint density at radius 1 is 1.26 bits per heavy atom. The maximum Gasteiger partial charge on any atom is 0.328 e. The summed E-state index contributed by atoms with van der Waals surface area (Å²) in [6.07, 6.45) is 2.31. The van der Waals surface area contributed by atoms with Gasteiger partial charge in [0.25, 0.3) is 0 Å². The molecule has 1 N–H and O–H groups in total. The molecule has 1 aromatic heterocycles. The van der Waals surface area contributed by atoms with Crippen molar-refractivity contribution in [2.45, 2.75) is 39.8 Å². The van der Waals surface area contributed by atoms with E-state index in [0.717, 1.165) is 5.52 Å². The van der Waals surface area contributed by atoms with Gasteiger partial charge in [-0.3, -0.25) is 4.79 Å². The van der Waals surface area contributed by atoms with E-state index < -0.39 is 12.0 Å². The predicted molar refractivity (Wildman–Crippen MR) is 90.1 cm³/mol. The van der Waals surface area contributed by atoms with E-state index >= 15 is 0 Å². The van der Waals surface area contributed by atoms with Crippen molar-refractivity contribution in [1.82, 2.24) is 9.88 Å². The molecule has 0 bridgehead atoms. The third-order valence-electron chi connectivity index (χ3n) is 4.05. The average Bonchev–Trinajstić information content (AvgIpc) is 2.94. The second kappa shape index (κ2) is 7.31. The summed E-state index contributed by atoms with van der Waals surface area (Å²) in [5, 5.41) is 3.96. The smallest absolute Gasteiger partial charge is 0.328 e. The van der Waals surface area contributed by atoms with Crippen LogP contribution >= 0.6 is 0 Å². The van der Waals surface area contributed by atoms with Crippen LogP contribution in [-0.4, -0.2) is 29.6 Å². The number of ether oxygens (including phenoxy) is 1. The highest BCUT2D eigenvalue weighted by molar-refractivity contribution is 5.85. The summed E-state index contributed by atoms with van der Waals surface area (Å²) in [6.45, 7) is 6.40. The van der Waals surface area contributed by atoms with Gasteiger partial charge in [0.15, 0.2) is 0 Å². The lowest BCUT2D eigenvalue weighted by atomic mass is 10.0. The first kappa shape index (κ1) is 17.1. The molecular weight excluding hydrogens is 292 g/mol. The zero-order chi connectivity index (χ0) is 17.0. The molecule has 0 fully saturated rings. The van der Waals surface area contributed by atoms with E-state index in [4.69, 9.17) is 4.74 Å². The van der Waals surface area contributed by atoms with E-state index in [0.29, 0.717) is 13.0 Å². The number of nitrogens with one attached hydrogen (secondary N) is 1. The number of rotatable bonds is 6. The second-order valence-corrected chi connectivity index (χ2v) is 6.08. The van der Waals surface area contributed by atoms with E-state index in [9.17, 15) is 9.59 Å². The van der Waals surface area contributed by atoms with Crippen LogP contribution in [0.1, 0.15) is 25.8 Å². The van der Waals surface area contributed by atoms with Crippen LogP contribution in [0.25, 0.3) is 10.9 Å². The molecule has 0 saturated heterocycles. The quantitative estimate of drug-likeness (QED) is 0.834. The number of benzene rings is 1. The van der Waals surface area contributed by atoms with Crippen LogP contribution in [0, 0.1) is 12.8 Å². The molecule has 0 aliphatic rings. The number of aromatic nitrogens is 1. The topological polar surface area (TPSA) is 60.3 Å². The molecule has 2 rings (SSSR count). The van der Waals surface area contributed by atoms with Crippen molar-refractivity contribution in [1.29, 1.82) is 0 Å². The molecule has 1 atom stereocenters. The molecule has 1 heterocycles. The molecule has 124 valence electrons. The van der Waals surface area contributed by atoms with Gasteiger partial charge in [-0.1, -0.05) is 26.0 Å².